The third-order valence-electron chi connectivity index (χ3n) is 3.05. The Hall–Kier alpha value is -1.84. The largest absolute Gasteiger partial charge is 0.481 e. The van der Waals surface area contributed by atoms with Crippen molar-refractivity contribution in [3.05, 3.63) is 35.8 Å². The van der Waals surface area contributed by atoms with Crippen LogP contribution in [-0.2, 0) is 11.2 Å². The number of aromatic nitrogens is 1. The number of fused-ring (bicyclic) bond motifs is 1. The Morgan fingerprint density at radius 1 is 1.44 bits per heavy atom. The van der Waals surface area contributed by atoms with E-state index in [2.05, 4.69) is 0 Å². The van der Waals surface area contributed by atoms with Crippen LogP contribution in [-0.4, -0.2) is 15.6 Å². The first-order valence-corrected chi connectivity index (χ1v) is 6.00. The van der Waals surface area contributed by atoms with Gasteiger partial charge in [0, 0.05) is 24.0 Å². The van der Waals surface area contributed by atoms with Crippen LogP contribution in [0.25, 0.3) is 10.9 Å². The van der Waals surface area contributed by atoms with Crippen LogP contribution in [0.2, 0.25) is 0 Å². The molecule has 0 fully saturated rings. The minimum absolute atomic E-state index is 0.0194. The summed E-state index contributed by atoms with van der Waals surface area (Å²) < 4.78 is 15.9. The number of carbonyl (C=O) groups is 1. The fourth-order valence-electron chi connectivity index (χ4n) is 2.21. The zero-order valence-corrected chi connectivity index (χ0v) is 10.5. The van der Waals surface area contributed by atoms with E-state index in [9.17, 15) is 9.18 Å². The van der Waals surface area contributed by atoms with Gasteiger partial charge in [0.1, 0.15) is 5.82 Å². The van der Waals surface area contributed by atoms with Crippen LogP contribution in [0.15, 0.2) is 24.4 Å². The van der Waals surface area contributed by atoms with E-state index in [4.69, 9.17) is 5.11 Å². The summed E-state index contributed by atoms with van der Waals surface area (Å²) in [5.41, 5.74) is 1.59. The van der Waals surface area contributed by atoms with Crippen LogP contribution >= 0.6 is 0 Å². The molecule has 0 bridgehead atoms. The van der Waals surface area contributed by atoms with Crippen molar-refractivity contribution in [2.75, 3.05) is 0 Å². The molecule has 0 saturated carbocycles. The number of carboxylic acids is 1. The van der Waals surface area contributed by atoms with Crippen molar-refractivity contribution in [1.82, 2.24) is 4.57 Å². The second-order valence-corrected chi connectivity index (χ2v) is 4.68. The van der Waals surface area contributed by atoms with Gasteiger partial charge in [0.15, 0.2) is 0 Å². The van der Waals surface area contributed by atoms with Crippen LogP contribution in [0.1, 0.15) is 31.9 Å². The van der Waals surface area contributed by atoms with Crippen LogP contribution in [0.5, 0.6) is 0 Å². The van der Waals surface area contributed by atoms with Crippen molar-refractivity contribution in [3.8, 4) is 0 Å². The number of carboxylic acid groups (broad SMARTS) is 1. The number of benzene rings is 1. The van der Waals surface area contributed by atoms with Gasteiger partial charge in [-0.25, -0.2) is 4.39 Å². The Labute approximate surface area is 105 Å². The summed E-state index contributed by atoms with van der Waals surface area (Å²) in [7, 11) is 0. The zero-order chi connectivity index (χ0) is 13.3. The van der Waals surface area contributed by atoms with Gasteiger partial charge in [-0.15, -0.1) is 0 Å². The first-order valence-electron chi connectivity index (χ1n) is 6.00. The van der Waals surface area contributed by atoms with Crippen molar-refractivity contribution < 1.29 is 14.3 Å². The topological polar surface area (TPSA) is 42.2 Å². The molecule has 2 rings (SSSR count). The molecule has 96 valence electrons. The molecule has 0 aliphatic rings. The van der Waals surface area contributed by atoms with Crippen LogP contribution in [0, 0.1) is 5.82 Å². The van der Waals surface area contributed by atoms with Gasteiger partial charge in [0.25, 0.3) is 0 Å². The van der Waals surface area contributed by atoms with Gasteiger partial charge in [-0.3, -0.25) is 4.79 Å². The van der Waals surface area contributed by atoms with E-state index < -0.39 is 5.97 Å². The van der Waals surface area contributed by atoms with E-state index in [1.54, 1.807) is 6.07 Å². The summed E-state index contributed by atoms with van der Waals surface area (Å²) >= 11 is 0. The standard InChI is InChI=1S/C14H16FNO2/c1-9(2)16-8-10(6-7-13(17)18)14-11(15)4-3-5-12(14)16/h3-5,8-9H,6-7H2,1-2H3,(H,17,18). The van der Waals surface area contributed by atoms with Crippen LogP contribution < -0.4 is 0 Å². The molecule has 0 spiro atoms. The number of halogens is 1. The first kappa shape index (κ1) is 12.6. The van der Waals surface area contributed by atoms with Gasteiger partial charge >= 0.3 is 5.97 Å². The monoisotopic (exact) mass is 249 g/mol. The smallest absolute Gasteiger partial charge is 0.303 e. The van der Waals surface area contributed by atoms with E-state index in [-0.39, 0.29) is 18.3 Å². The van der Waals surface area contributed by atoms with Crippen molar-refractivity contribution >= 4 is 16.9 Å². The number of hydrogen-bond acceptors (Lipinski definition) is 1. The summed E-state index contributed by atoms with van der Waals surface area (Å²) in [6, 6.07) is 5.17. The summed E-state index contributed by atoms with van der Waals surface area (Å²) in [4.78, 5) is 10.6. The average Bonchev–Trinajstić information content (AvgIpc) is 2.67. The quantitative estimate of drug-likeness (QED) is 0.902. The van der Waals surface area contributed by atoms with Gasteiger partial charge in [-0.05, 0) is 38.0 Å². The minimum Gasteiger partial charge on any atom is -0.481 e. The molecule has 1 N–H and O–H groups in total. The minimum atomic E-state index is -0.864. The molecule has 1 aromatic heterocycles. The predicted molar refractivity (Wildman–Crippen MR) is 68.2 cm³/mol. The molecule has 0 saturated heterocycles. The number of hydrogen-bond donors (Lipinski definition) is 1. The van der Waals surface area contributed by atoms with Gasteiger partial charge in [-0.2, -0.15) is 0 Å². The Balaban J connectivity index is 2.55. The number of rotatable bonds is 4. The lowest BCUT2D eigenvalue weighted by atomic mass is 10.1. The molecule has 4 heteroatoms. The SMILES string of the molecule is CC(C)n1cc(CCC(=O)O)c2c(F)cccc21. The average molecular weight is 249 g/mol. The van der Waals surface area contributed by atoms with E-state index in [1.807, 2.05) is 30.7 Å². The molecule has 0 amide bonds. The van der Waals surface area contributed by atoms with E-state index in [0.29, 0.717) is 11.8 Å². The lowest BCUT2D eigenvalue weighted by molar-refractivity contribution is -0.136. The maximum atomic E-state index is 13.9. The maximum absolute atomic E-state index is 13.9. The number of nitrogens with zero attached hydrogens (tertiary/aromatic N) is 1. The molecular weight excluding hydrogens is 233 g/mol. The Bertz CT molecular complexity index is 587. The first-order chi connectivity index (χ1) is 8.50. The van der Waals surface area contributed by atoms with Crippen molar-refractivity contribution in [2.45, 2.75) is 32.7 Å². The molecule has 2 aromatic rings. The molecule has 18 heavy (non-hydrogen) atoms. The number of aryl methyl sites for hydroxylation is 1. The molecule has 0 aliphatic carbocycles. The molecular formula is C14H16FNO2. The molecule has 0 radical (unpaired) electrons. The lowest BCUT2D eigenvalue weighted by Gasteiger charge is -2.08. The molecule has 1 heterocycles. The summed E-state index contributed by atoms with van der Waals surface area (Å²) in [6.07, 6.45) is 2.24. The highest BCUT2D eigenvalue weighted by molar-refractivity contribution is 5.85. The molecule has 3 nitrogen and oxygen atoms in total. The van der Waals surface area contributed by atoms with Crippen LogP contribution in [0.4, 0.5) is 4.39 Å². The molecule has 1 aromatic carbocycles. The van der Waals surface area contributed by atoms with E-state index in [0.717, 1.165) is 11.1 Å². The molecule has 0 atom stereocenters. The van der Waals surface area contributed by atoms with Gasteiger partial charge in [0.2, 0.25) is 0 Å². The predicted octanol–water partition coefficient (Wildman–Crippen LogP) is 3.38. The summed E-state index contributed by atoms with van der Waals surface area (Å²) in [5.74, 6) is -1.15. The van der Waals surface area contributed by atoms with Gasteiger partial charge < -0.3 is 9.67 Å². The fourth-order valence-corrected chi connectivity index (χ4v) is 2.21. The van der Waals surface area contributed by atoms with Crippen molar-refractivity contribution in [2.24, 2.45) is 0 Å². The number of aliphatic carboxylic acids is 1. The third kappa shape index (κ3) is 2.23. The lowest BCUT2D eigenvalue weighted by Crippen LogP contribution is -1.98. The van der Waals surface area contributed by atoms with Crippen LogP contribution in [0.3, 0.4) is 0 Å². The highest BCUT2D eigenvalue weighted by Crippen LogP contribution is 2.27. The highest BCUT2D eigenvalue weighted by atomic mass is 19.1. The van der Waals surface area contributed by atoms with Gasteiger partial charge in [0.05, 0.1) is 5.52 Å². The Kier molecular flexibility index (Phi) is 3.36. The van der Waals surface area contributed by atoms with E-state index >= 15 is 0 Å². The van der Waals surface area contributed by atoms with Crippen molar-refractivity contribution in [1.29, 1.82) is 0 Å². The fraction of sp³-hybridized carbons (Fsp3) is 0.357. The molecule has 0 unspecified atom stereocenters. The highest BCUT2D eigenvalue weighted by Gasteiger charge is 2.14. The molecule has 0 aliphatic heterocycles. The normalized spacial score (nSPS) is 11.3. The zero-order valence-electron chi connectivity index (χ0n) is 10.5. The second-order valence-electron chi connectivity index (χ2n) is 4.68. The maximum Gasteiger partial charge on any atom is 0.303 e. The Morgan fingerprint density at radius 2 is 2.17 bits per heavy atom. The van der Waals surface area contributed by atoms with Gasteiger partial charge in [-0.1, -0.05) is 6.07 Å². The summed E-state index contributed by atoms with van der Waals surface area (Å²) in [6.45, 7) is 4.04. The second kappa shape index (κ2) is 4.80. The Morgan fingerprint density at radius 3 is 2.78 bits per heavy atom. The summed E-state index contributed by atoms with van der Waals surface area (Å²) in [5, 5.41) is 9.28. The third-order valence-corrected chi connectivity index (χ3v) is 3.05. The van der Waals surface area contributed by atoms with E-state index in [1.165, 1.54) is 6.07 Å². The van der Waals surface area contributed by atoms with Crippen molar-refractivity contribution in [3.63, 3.8) is 0 Å².